The highest BCUT2D eigenvalue weighted by Gasteiger charge is 2.43. The van der Waals surface area contributed by atoms with E-state index in [0.29, 0.717) is 29.7 Å². The molecule has 2 aliphatic rings. The van der Waals surface area contributed by atoms with Gasteiger partial charge in [0, 0.05) is 12.3 Å². The van der Waals surface area contributed by atoms with Gasteiger partial charge in [-0.25, -0.2) is 0 Å². The van der Waals surface area contributed by atoms with Gasteiger partial charge in [-0.05, 0) is 35.0 Å². The van der Waals surface area contributed by atoms with Crippen LogP contribution in [0.2, 0.25) is 16.6 Å². The van der Waals surface area contributed by atoms with Crippen molar-refractivity contribution < 1.29 is 9.53 Å². The van der Waals surface area contributed by atoms with E-state index in [2.05, 4.69) is 59.6 Å². The highest BCUT2D eigenvalue weighted by atomic mass is 28.3. The van der Waals surface area contributed by atoms with Crippen LogP contribution in [0.15, 0.2) is 23.8 Å². The van der Waals surface area contributed by atoms with Crippen molar-refractivity contribution in [1.29, 1.82) is 0 Å². The molecule has 0 unspecified atom stereocenters. The second-order valence-electron chi connectivity index (χ2n) is 8.49. The van der Waals surface area contributed by atoms with E-state index < -0.39 is 8.07 Å². The zero-order chi connectivity index (χ0) is 18.8. The Hall–Kier alpha value is -1.11. The zero-order valence-electron chi connectivity index (χ0n) is 16.8. The quantitative estimate of drug-likeness (QED) is 0.358. The molecule has 2 rings (SSSR count). The van der Waals surface area contributed by atoms with Crippen molar-refractivity contribution in [2.45, 2.75) is 83.5 Å². The van der Waals surface area contributed by atoms with Gasteiger partial charge < -0.3 is 4.74 Å². The normalized spacial score (nSPS) is 23.5. The van der Waals surface area contributed by atoms with E-state index in [9.17, 15) is 4.79 Å². The van der Waals surface area contributed by atoms with Gasteiger partial charge in [0.2, 0.25) is 0 Å². The number of ketones is 1. The molecule has 0 saturated carbocycles. The molecule has 0 aromatic carbocycles. The van der Waals surface area contributed by atoms with Gasteiger partial charge in [-0.15, -0.1) is 12.1 Å². The van der Waals surface area contributed by atoms with Gasteiger partial charge in [0.1, 0.15) is 8.07 Å². The fraction of sp³-hybridized carbons (Fsp3) is 0.682. The van der Waals surface area contributed by atoms with E-state index in [1.807, 2.05) is 6.08 Å². The van der Waals surface area contributed by atoms with E-state index in [-0.39, 0.29) is 17.8 Å². The number of allylic oxidation sites excluding steroid dienone is 2. The monoisotopic (exact) mass is 358 g/mol. The maximum atomic E-state index is 12.6. The van der Waals surface area contributed by atoms with Crippen LogP contribution in [-0.4, -0.2) is 26.6 Å². The molecule has 138 valence electrons. The summed E-state index contributed by atoms with van der Waals surface area (Å²) in [5, 5.41) is 0. The Kier molecular flexibility index (Phi) is 6.51. The van der Waals surface area contributed by atoms with E-state index in [4.69, 9.17) is 4.74 Å². The van der Waals surface area contributed by atoms with Crippen LogP contribution < -0.4 is 0 Å². The lowest BCUT2D eigenvalue weighted by Crippen LogP contribution is -2.43. The molecular weight excluding hydrogens is 324 g/mol. The summed E-state index contributed by atoms with van der Waals surface area (Å²) in [6, 6.07) is 0. The minimum atomic E-state index is -1.82. The molecule has 1 saturated heterocycles. The number of carbonyl (C=O) groups excluding carboxylic acids is 1. The molecule has 1 fully saturated rings. The van der Waals surface area contributed by atoms with Crippen molar-refractivity contribution >= 4 is 13.9 Å². The minimum Gasteiger partial charge on any atom is -0.373 e. The molecule has 3 heteroatoms. The summed E-state index contributed by atoms with van der Waals surface area (Å²) in [5.74, 6) is 3.93. The van der Waals surface area contributed by atoms with Crippen molar-refractivity contribution in [2.24, 2.45) is 5.92 Å². The number of hydrogen-bond donors (Lipinski definition) is 0. The molecular formula is C22H34O2Si. The number of fused-ring (bicyclic) bond motifs is 1. The molecule has 25 heavy (non-hydrogen) atoms. The number of rotatable bonds is 6. The Morgan fingerprint density at radius 3 is 2.32 bits per heavy atom. The number of ether oxygens (including phenoxy) is 1. The smallest absolute Gasteiger partial charge is 0.171 e. The summed E-state index contributed by atoms with van der Waals surface area (Å²) in [6.07, 6.45) is 4.40. The summed E-state index contributed by atoms with van der Waals surface area (Å²) in [4.78, 5) is 12.6. The minimum absolute atomic E-state index is 0.0620. The van der Waals surface area contributed by atoms with Crippen LogP contribution in [0.4, 0.5) is 0 Å². The summed E-state index contributed by atoms with van der Waals surface area (Å²) >= 11 is 0. The van der Waals surface area contributed by atoms with Crippen molar-refractivity contribution in [2.75, 3.05) is 6.61 Å². The first-order valence-electron chi connectivity index (χ1n) is 9.78. The second kappa shape index (κ2) is 8.06. The van der Waals surface area contributed by atoms with Crippen LogP contribution >= 0.6 is 0 Å². The van der Waals surface area contributed by atoms with Gasteiger partial charge in [0.05, 0.1) is 18.3 Å². The van der Waals surface area contributed by atoms with Gasteiger partial charge in [-0.1, -0.05) is 53.5 Å². The fourth-order valence-corrected chi connectivity index (χ4v) is 10.2. The summed E-state index contributed by atoms with van der Waals surface area (Å²) in [7, 11) is -1.82. The lowest BCUT2D eigenvalue weighted by Gasteiger charge is -2.38. The molecule has 1 aliphatic heterocycles. The molecule has 2 nitrogen and oxygen atoms in total. The molecule has 0 N–H and O–H groups in total. The number of carbonyl (C=O) groups is 1. The Bertz CT molecular complexity index is 594. The van der Waals surface area contributed by atoms with Gasteiger partial charge in [-0.2, -0.15) is 0 Å². The third kappa shape index (κ3) is 3.71. The van der Waals surface area contributed by atoms with Crippen LogP contribution in [-0.2, 0) is 9.53 Å². The fourth-order valence-electron chi connectivity index (χ4n) is 4.95. The molecule has 0 amide bonds. The third-order valence-electron chi connectivity index (χ3n) is 6.19. The van der Waals surface area contributed by atoms with Crippen LogP contribution in [0.5, 0.6) is 0 Å². The highest BCUT2D eigenvalue weighted by Crippen LogP contribution is 2.42. The first kappa shape index (κ1) is 20.2. The highest BCUT2D eigenvalue weighted by molar-refractivity contribution is 6.90. The summed E-state index contributed by atoms with van der Waals surface area (Å²) in [6.45, 7) is 18.3. The molecule has 0 aromatic rings. The lowest BCUT2D eigenvalue weighted by molar-refractivity contribution is -0.115. The zero-order valence-corrected chi connectivity index (χ0v) is 17.8. The summed E-state index contributed by atoms with van der Waals surface area (Å²) < 4.78 is 5.96. The number of Topliss-reactive ketones (excluding diaryl/α,β-unsaturated/α-hetero) is 1. The Morgan fingerprint density at radius 2 is 1.80 bits per heavy atom. The average Bonchev–Trinajstić information content (AvgIpc) is 3.04. The maximum Gasteiger partial charge on any atom is 0.171 e. The van der Waals surface area contributed by atoms with Gasteiger partial charge in [0.25, 0.3) is 0 Å². The predicted octanol–water partition coefficient (Wildman–Crippen LogP) is 5.46. The molecule has 0 bridgehead atoms. The average molecular weight is 359 g/mol. The van der Waals surface area contributed by atoms with Crippen molar-refractivity contribution in [3.8, 4) is 11.5 Å². The molecule has 0 aromatic heterocycles. The van der Waals surface area contributed by atoms with Gasteiger partial charge in [0.15, 0.2) is 5.78 Å². The lowest BCUT2D eigenvalue weighted by atomic mass is 9.97. The van der Waals surface area contributed by atoms with Crippen LogP contribution in [0.1, 0.15) is 60.8 Å². The number of hydrogen-bond acceptors (Lipinski definition) is 2. The molecule has 1 heterocycles. The molecule has 0 spiro atoms. The molecule has 0 radical (unpaired) electrons. The van der Waals surface area contributed by atoms with Crippen LogP contribution in [0.25, 0.3) is 0 Å². The van der Waals surface area contributed by atoms with Crippen molar-refractivity contribution in [3.63, 3.8) is 0 Å². The maximum absolute atomic E-state index is 12.6. The van der Waals surface area contributed by atoms with Gasteiger partial charge >= 0.3 is 0 Å². The SMILES string of the molecule is C=CCC[C@H]1OC[C@@H]2CC(=O)C(C#C[Si](C(C)C)(C(C)C)C(C)C)=C21. The first-order valence-corrected chi connectivity index (χ1v) is 12.0. The largest absolute Gasteiger partial charge is 0.373 e. The standard InChI is InChI=1S/C22H34O2Si/c1-8-9-10-21-22-18(14-24-21)13-20(23)19(22)11-12-25(15(2)3,16(4)5)17(6)7/h8,15-18,21H,1,9-10,13-14H2,2-7H3/t18-,21+/m0/s1. The van der Waals surface area contributed by atoms with E-state index in [0.717, 1.165) is 18.4 Å². The predicted molar refractivity (Wildman–Crippen MR) is 108 cm³/mol. The third-order valence-corrected chi connectivity index (χ3v) is 12.5. The second-order valence-corrected chi connectivity index (χ2v) is 14.1. The van der Waals surface area contributed by atoms with E-state index in [1.165, 1.54) is 5.57 Å². The Balaban J connectivity index is 2.45. The van der Waals surface area contributed by atoms with E-state index in [1.54, 1.807) is 0 Å². The Morgan fingerprint density at radius 1 is 1.20 bits per heavy atom. The van der Waals surface area contributed by atoms with Crippen molar-refractivity contribution in [1.82, 2.24) is 0 Å². The molecule has 1 aliphatic carbocycles. The van der Waals surface area contributed by atoms with Crippen molar-refractivity contribution in [3.05, 3.63) is 23.8 Å². The van der Waals surface area contributed by atoms with Crippen LogP contribution in [0, 0.1) is 17.4 Å². The molecule has 2 atom stereocenters. The Labute approximate surface area is 155 Å². The summed E-state index contributed by atoms with van der Waals surface area (Å²) in [5.41, 5.74) is 7.44. The van der Waals surface area contributed by atoms with E-state index >= 15 is 0 Å². The topological polar surface area (TPSA) is 26.3 Å². The first-order chi connectivity index (χ1) is 11.8. The van der Waals surface area contributed by atoms with Crippen LogP contribution in [0.3, 0.4) is 0 Å². The van der Waals surface area contributed by atoms with Gasteiger partial charge in [-0.3, -0.25) is 4.79 Å².